The Morgan fingerprint density at radius 2 is 0.742 bits per heavy atom. The molecule has 0 fully saturated rings. The Balaban J connectivity index is 1.01. The Labute approximate surface area is 383 Å². The maximum atomic E-state index is 6.63. The fraction of sp³-hybridized carbons (Fsp3) is 0. The Bertz CT molecular complexity index is 3660. The minimum absolute atomic E-state index is 0.615. The zero-order chi connectivity index (χ0) is 43.8. The lowest BCUT2D eigenvalue weighted by molar-refractivity contribution is 0.623. The molecule has 5 nitrogen and oxygen atoms in total. The lowest BCUT2D eigenvalue weighted by atomic mass is 10.00. The Morgan fingerprint density at radius 3 is 1.38 bits per heavy atom. The van der Waals surface area contributed by atoms with Crippen molar-refractivity contribution < 1.29 is 4.42 Å². The molecule has 0 spiro atoms. The van der Waals surface area contributed by atoms with Gasteiger partial charge in [-0.15, -0.1) is 0 Å². The van der Waals surface area contributed by atoms with Crippen LogP contribution in [0.2, 0.25) is 0 Å². The molecular formula is C61H42N4O. The molecule has 0 bridgehead atoms. The number of hydrogen-bond donors (Lipinski definition) is 0. The Morgan fingerprint density at radius 1 is 0.303 bits per heavy atom. The van der Waals surface area contributed by atoms with Crippen molar-refractivity contribution in [2.45, 2.75) is 0 Å². The number of benzene rings is 11. The number of hydrogen-bond acceptors (Lipinski definition) is 5. The van der Waals surface area contributed by atoms with Gasteiger partial charge in [-0.1, -0.05) is 146 Å². The van der Waals surface area contributed by atoms with Crippen LogP contribution in [0, 0.1) is 0 Å². The van der Waals surface area contributed by atoms with Gasteiger partial charge in [-0.05, 0) is 131 Å². The van der Waals surface area contributed by atoms with E-state index in [0.29, 0.717) is 5.89 Å². The van der Waals surface area contributed by atoms with E-state index in [0.717, 1.165) is 89.4 Å². The van der Waals surface area contributed by atoms with Gasteiger partial charge in [0.2, 0.25) is 5.89 Å². The molecule has 12 aromatic rings. The van der Waals surface area contributed by atoms with Crippen LogP contribution in [-0.4, -0.2) is 4.98 Å². The van der Waals surface area contributed by atoms with Crippen LogP contribution in [0.1, 0.15) is 0 Å². The molecule has 1 heterocycles. The van der Waals surface area contributed by atoms with Crippen LogP contribution in [0.15, 0.2) is 259 Å². The molecule has 12 rings (SSSR count). The number of nitrogens with zero attached hydrogens (tertiary/aromatic N) is 4. The predicted octanol–water partition coefficient (Wildman–Crippen LogP) is 17.4. The summed E-state index contributed by atoms with van der Waals surface area (Å²) >= 11 is 0. The lowest BCUT2D eigenvalue weighted by Crippen LogP contribution is -2.14. The third-order valence-electron chi connectivity index (χ3n) is 12.4. The van der Waals surface area contributed by atoms with E-state index in [2.05, 4.69) is 239 Å². The highest BCUT2D eigenvalue weighted by Crippen LogP contribution is 2.45. The van der Waals surface area contributed by atoms with Crippen molar-refractivity contribution in [1.82, 2.24) is 4.98 Å². The topological polar surface area (TPSA) is 35.8 Å². The largest absolute Gasteiger partial charge is 0.435 e. The monoisotopic (exact) mass is 846 g/mol. The van der Waals surface area contributed by atoms with Gasteiger partial charge in [0.05, 0.1) is 5.69 Å². The number of aromatic nitrogens is 1. The van der Waals surface area contributed by atoms with Crippen molar-refractivity contribution in [1.29, 1.82) is 0 Å². The van der Waals surface area contributed by atoms with Gasteiger partial charge in [0.15, 0.2) is 5.58 Å². The molecule has 0 radical (unpaired) electrons. The van der Waals surface area contributed by atoms with Crippen LogP contribution in [0.25, 0.3) is 54.9 Å². The van der Waals surface area contributed by atoms with Crippen LogP contribution in [0.5, 0.6) is 0 Å². The fourth-order valence-electron chi connectivity index (χ4n) is 9.35. The molecule has 11 aromatic carbocycles. The molecule has 0 atom stereocenters. The molecule has 0 aliphatic carbocycles. The lowest BCUT2D eigenvalue weighted by Gasteiger charge is -2.31. The molecule has 0 unspecified atom stereocenters. The van der Waals surface area contributed by atoms with Crippen LogP contribution in [0.3, 0.4) is 0 Å². The molecule has 0 saturated heterocycles. The van der Waals surface area contributed by atoms with Crippen molar-refractivity contribution in [2.75, 3.05) is 14.7 Å². The molecule has 0 aliphatic rings. The number of anilines is 9. The summed E-state index contributed by atoms with van der Waals surface area (Å²) in [5.41, 5.74) is 12.0. The van der Waals surface area contributed by atoms with Crippen molar-refractivity contribution >= 4 is 94.6 Å². The van der Waals surface area contributed by atoms with E-state index in [1.165, 1.54) is 10.8 Å². The van der Waals surface area contributed by atoms with Gasteiger partial charge in [0.25, 0.3) is 0 Å². The number of para-hydroxylation sites is 3. The van der Waals surface area contributed by atoms with Crippen molar-refractivity contribution in [2.24, 2.45) is 0 Å². The highest BCUT2D eigenvalue weighted by atomic mass is 16.3. The maximum absolute atomic E-state index is 6.63. The molecule has 0 amide bonds. The van der Waals surface area contributed by atoms with E-state index in [1.54, 1.807) is 0 Å². The van der Waals surface area contributed by atoms with Crippen molar-refractivity contribution in [3.63, 3.8) is 0 Å². The molecule has 66 heavy (non-hydrogen) atoms. The van der Waals surface area contributed by atoms with Crippen LogP contribution >= 0.6 is 0 Å². The first kappa shape index (κ1) is 38.7. The third kappa shape index (κ3) is 7.05. The van der Waals surface area contributed by atoms with E-state index in [1.807, 2.05) is 30.3 Å². The van der Waals surface area contributed by atoms with Crippen LogP contribution in [0.4, 0.5) is 51.2 Å². The average molecular weight is 847 g/mol. The third-order valence-corrected chi connectivity index (χ3v) is 12.4. The summed E-state index contributed by atoms with van der Waals surface area (Å²) in [5, 5.41) is 6.75. The van der Waals surface area contributed by atoms with Crippen molar-refractivity contribution in [3.05, 3.63) is 255 Å². The second-order valence-electron chi connectivity index (χ2n) is 16.4. The van der Waals surface area contributed by atoms with Gasteiger partial charge in [0.1, 0.15) is 5.52 Å². The first-order valence-electron chi connectivity index (χ1n) is 22.3. The minimum Gasteiger partial charge on any atom is -0.435 e. The van der Waals surface area contributed by atoms with E-state index in [4.69, 9.17) is 9.40 Å². The van der Waals surface area contributed by atoms with Crippen LogP contribution < -0.4 is 14.7 Å². The minimum atomic E-state index is 0.615. The quantitative estimate of drug-likeness (QED) is 0.128. The van der Waals surface area contributed by atoms with E-state index in [-0.39, 0.29) is 0 Å². The number of rotatable bonds is 10. The summed E-state index contributed by atoms with van der Waals surface area (Å²) in [5.74, 6) is 0.615. The second kappa shape index (κ2) is 16.6. The highest BCUT2D eigenvalue weighted by Gasteiger charge is 2.21. The van der Waals surface area contributed by atoms with Gasteiger partial charge < -0.3 is 19.1 Å². The van der Waals surface area contributed by atoms with Gasteiger partial charge in [-0.3, -0.25) is 0 Å². The van der Waals surface area contributed by atoms with Crippen LogP contribution in [-0.2, 0) is 0 Å². The van der Waals surface area contributed by atoms with Gasteiger partial charge in [0, 0.05) is 61.8 Å². The normalized spacial score (nSPS) is 11.3. The standard InChI is InChI=1S/C61H42N4O/c1-5-19-46(20-6-1)61-62-57-39-37-45-35-34-44-36-38-54(42-56(44)59(45)60(57)66-61)64(48-24-9-3-10-25-48)51-29-16-28-50(40-51)63(47-22-7-2-8-23-47)52-30-17-31-53(41-52)65(49-26-11-4-12-27-49)58-33-15-21-43-18-13-14-32-55(43)58/h1-42H. The summed E-state index contributed by atoms with van der Waals surface area (Å²) in [6.45, 7) is 0. The summed E-state index contributed by atoms with van der Waals surface area (Å²) in [6, 6.07) is 90.1. The zero-order valence-corrected chi connectivity index (χ0v) is 35.9. The highest BCUT2D eigenvalue weighted by molar-refractivity contribution is 6.18. The van der Waals surface area contributed by atoms with Gasteiger partial charge in [-0.25, -0.2) is 4.98 Å². The smallest absolute Gasteiger partial charge is 0.227 e. The summed E-state index contributed by atoms with van der Waals surface area (Å²) in [6.07, 6.45) is 0. The average Bonchev–Trinajstić information content (AvgIpc) is 3.83. The number of oxazole rings is 1. The molecular weight excluding hydrogens is 805 g/mol. The van der Waals surface area contributed by atoms with E-state index >= 15 is 0 Å². The fourth-order valence-corrected chi connectivity index (χ4v) is 9.35. The molecule has 1 aromatic heterocycles. The van der Waals surface area contributed by atoms with Gasteiger partial charge >= 0.3 is 0 Å². The molecule has 5 heteroatoms. The molecule has 0 saturated carbocycles. The first-order chi connectivity index (χ1) is 32.7. The first-order valence-corrected chi connectivity index (χ1v) is 22.3. The number of fused-ring (bicyclic) bond motifs is 6. The second-order valence-corrected chi connectivity index (χ2v) is 16.4. The predicted molar refractivity (Wildman–Crippen MR) is 276 cm³/mol. The van der Waals surface area contributed by atoms with Gasteiger partial charge in [-0.2, -0.15) is 0 Å². The zero-order valence-electron chi connectivity index (χ0n) is 35.9. The molecule has 312 valence electrons. The Hall–Kier alpha value is -8.93. The SMILES string of the molecule is c1ccc(-c2nc3ccc4ccc5ccc(N(c6ccccc6)c6cccc(N(c7ccccc7)c7cccc(N(c8ccccc8)c8cccc9ccccc89)c7)c6)cc5c4c3o2)cc1. The summed E-state index contributed by atoms with van der Waals surface area (Å²) in [4.78, 5) is 12.0. The maximum Gasteiger partial charge on any atom is 0.227 e. The van der Waals surface area contributed by atoms with Crippen molar-refractivity contribution in [3.8, 4) is 11.5 Å². The summed E-state index contributed by atoms with van der Waals surface area (Å²) < 4.78 is 6.63. The Kier molecular flexibility index (Phi) is 9.77. The van der Waals surface area contributed by atoms with E-state index < -0.39 is 0 Å². The summed E-state index contributed by atoms with van der Waals surface area (Å²) in [7, 11) is 0. The van der Waals surface area contributed by atoms with E-state index in [9.17, 15) is 0 Å². The molecule has 0 aliphatic heterocycles. The molecule has 0 N–H and O–H groups in total.